The first-order valence-corrected chi connectivity index (χ1v) is 9.48. The van der Waals surface area contributed by atoms with E-state index in [0.717, 1.165) is 17.0 Å². The van der Waals surface area contributed by atoms with Crippen molar-refractivity contribution in [3.63, 3.8) is 0 Å². The van der Waals surface area contributed by atoms with Crippen LogP contribution < -0.4 is 15.4 Å². The average Bonchev–Trinajstić information content (AvgIpc) is 3.16. The molecule has 0 bridgehead atoms. The zero-order valence-corrected chi connectivity index (χ0v) is 16.3. The van der Waals surface area contributed by atoms with Gasteiger partial charge in [0.05, 0.1) is 13.7 Å². The quantitative estimate of drug-likeness (QED) is 0.419. The second-order valence-corrected chi connectivity index (χ2v) is 7.07. The molecule has 1 aromatic carbocycles. The maximum absolute atomic E-state index is 10.6. The van der Waals surface area contributed by atoms with Crippen molar-refractivity contribution in [3.05, 3.63) is 46.2 Å². The van der Waals surface area contributed by atoms with Crippen molar-refractivity contribution in [3.8, 4) is 11.5 Å². The number of phenolic OH excluding ortho intramolecular Hbond substituents is 1. The highest BCUT2D eigenvalue weighted by Gasteiger charge is 2.23. The van der Waals surface area contributed by atoms with E-state index in [1.165, 1.54) is 11.3 Å². The second kappa shape index (κ2) is 9.45. The van der Waals surface area contributed by atoms with Crippen LogP contribution in [-0.4, -0.2) is 42.9 Å². The lowest BCUT2D eigenvalue weighted by atomic mass is 10.1. The minimum atomic E-state index is -0.995. The number of methoxy groups -OCH3 is 1. The van der Waals surface area contributed by atoms with Gasteiger partial charge in [0.2, 0.25) is 0 Å². The lowest BCUT2D eigenvalue weighted by Gasteiger charge is -2.20. The molecule has 7 heteroatoms. The molecule has 0 spiro atoms. The fourth-order valence-corrected chi connectivity index (χ4v) is 3.21. The van der Waals surface area contributed by atoms with Crippen molar-refractivity contribution in [2.24, 2.45) is 4.99 Å². The monoisotopic (exact) mass is 377 g/mol. The summed E-state index contributed by atoms with van der Waals surface area (Å²) >= 11 is 1.52. The van der Waals surface area contributed by atoms with Crippen LogP contribution in [0.15, 0.2) is 40.7 Å². The number of aliphatic imine (C=N–C) groups is 1. The number of ether oxygens (including phenoxy) is 1. The molecule has 2 rings (SSSR count). The molecule has 0 aliphatic heterocycles. The standard InChI is InChI=1S/C19H27N3O3S/c1-4-20-18(22-13-19(2,24)17-6-5-11-26-17)21-10-9-14-7-8-15(25-3)12-16(14)23/h5-8,11-12,23-24H,4,9-10,13H2,1-3H3,(H2,20,21,22). The summed E-state index contributed by atoms with van der Waals surface area (Å²) in [5.41, 5.74) is -0.162. The van der Waals surface area contributed by atoms with Gasteiger partial charge in [-0.15, -0.1) is 11.3 Å². The Morgan fingerprint density at radius 1 is 1.31 bits per heavy atom. The van der Waals surface area contributed by atoms with Gasteiger partial charge in [0, 0.05) is 24.0 Å². The normalized spacial score (nSPS) is 13.9. The number of aliphatic hydroxyl groups is 1. The van der Waals surface area contributed by atoms with E-state index in [4.69, 9.17) is 4.74 Å². The largest absolute Gasteiger partial charge is 0.508 e. The number of nitrogens with zero attached hydrogens (tertiary/aromatic N) is 1. The Balaban J connectivity index is 1.93. The Kier molecular flexibility index (Phi) is 7.29. The van der Waals surface area contributed by atoms with E-state index in [1.54, 1.807) is 20.1 Å². The first-order chi connectivity index (χ1) is 12.5. The van der Waals surface area contributed by atoms with Gasteiger partial charge in [-0.3, -0.25) is 0 Å². The fraction of sp³-hybridized carbons (Fsp3) is 0.421. The molecule has 0 aliphatic rings. The van der Waals surface area contributed by atoms with Crippen LogP contribution in [0.5, 0.6) is 11.5 Å². The third kappa shape index (κ3) is 5.64. The van der Waals surface area contributed by atoms with E-state index in [9.17, 15) is 10.2 Å². The van der Waals surface area contributed by atoms with E-state index in [1.807, 2.05) is 36.6 Å². The van der Waals surface area contributed by atoms with Crippen LogP contribution in [0, 0.1) is 0 Å². The zero-order valence-electron chi connectivity index (χ0n) is 15.5. The van der Waals surface area contributed by atoms with Gasteiger partial charge in [0.25, 0.3) is 0 Å². The number of hydrogen-bond acceptors (Lipinski definition) is 5. The molecule has 4 N–H and O–H groups in total. The summed E-state index contributed by atoms with van der Waals surface area (Å²) in [5.74, 6) is 1.48. The summed E-state index contributed by atoms with van der Waals surface area (Å²) in [6, 6.07) is 9.11. The number of benzene rings is 1. The van der Waals surface area contributed by atoms with Crippen LogP contribution in [0.2, 0.25) is 0 Å². The maximum atomic E-state index is 10.6. The molecule has 142 valence electrons. The van der Waals surface area contributed by atoms with E-state index in [-0.39, 0.29) is 12.3 Å². The minimum absolute atomic E-state index is 0.216. The first-order valence-electron chi connectivity index (χ1n) is 8.60. The number of guanidine groups is 1. The maximum Gasteiger partial charge on any atom is 0.191 e. The Labute approximate surface area is 158 Å². The molecular formula is C19H27N3O3S. The van der Waals surface area contributed by atoms with Gasteiger partial charge in [-0.2, -0.15) is 0 Å². The molecule has 0 saturated carbocycles. The summed E-state index contributed by atoms with van der Waals surface area (Å²) in [7, 11) is 1.57. The molecule has 1 aromatic heterocycles. The smallest absolute Gasteiger partial charge is 0.191 e. The molecule has 26 heavy (non-hydrogen) atoms. The SMILES string of the molecule is CCNC(=NCC(C)(O)c1cccs1)NCCc1ccc(OC)cc1O. The Hall–Kier alpha value is -2.25. The van der Waals surface area contributed by atoms with Gasteiger partial charge in [-0.1, -0.05) is 12.1 Å². The highest BCUT2D eigenvalue weighted by atomic mass is 32.1. The molecule has 0 amide bonds. The highest BCUT2D eigenvalue weighted by Crippen LogP contribution is 2.25. The first kappa shape index (κ1) is 20.1. The molecule has 0 fully saturated rings. The van der Waals surface area contributed by atoms with Gasteiger partial charge in [0.1, 0.15) is 17.1 Å². The molecule has 1 atom stereocenters. The van der Waals surface area contributed by atoms with Crippen molar-refractivity contribution in [1.29, 1.82) is 0 Å². The van der Waals surface area contributed by atoms with E-state index < -0.39 is 5.60 Å². The molecule has 1 heterocycles. The molecule has 6 nitrogen and oxygen atoms in total. The van der Waals surface area contributed by atoms with E-state index >= 15 is 0 Å². The van der Waals surface area contributed by atoms with Crippen molar-refractivity contribution in [1.82, 2.24) is 10.6 Å². The van der Waals surface area contributed by atoms with Crippen LogP contribution in [0.25, 0.3) is 0 Å². The zero-order chi connectivity index (χ0) is 19.0. The minimum Gasteiger partial charge on any atom is -0.508 e. The van der Waals surface area contributed by atoms with Crippen LogP contribution in [0.1, 0.15) is 24.3 Å². The van der Waals surface area contributed by atoms with Crippen molar-refractivity contribution < 1.29 is 14.9 Å². The number of aromatic hydroxyl groups is 1. The fourth-order valence-electron chi connectivity index (χ4n) is 2.44. The van der Waals surface area contributed by atoms with Gasteiger partial charge in [-0.25, -0.2) is 4.99 Å². The third-order valence-corrected chi connectivity index (χ3v) is 5.04. The topological polar surface area (TPSA) is 86.1 Å². The lowest BCUT2D eigenvalue weighted by Crippen LogP contribution is -2.39. The Bertz CT molecular complexity index is 715. The van der Waals surface area contributed by atoms with Crippen LogP contribution >= 0.6 is 11.3 Å². The number of nitrogens with one attached hydrogen (secondary N) is 2. The molecule has 0 radical (unpaired) electrons. The number of phenols is 1. The Morgan fingerprint density at radius 3 is 2.73 bits per heavy atom. The van der Waals surface area contributed by atoms with Crippen molar-refractivity contribution >= 4 is 17.3 Å². The summed E-state index contributed by atoms with van der Waals surface area (Å²) in [6.45, 7) is 5.34. The molecule has 0 saturated heterocycles. The van der Waals surface area contributed by atoms with Crippen molar-refractivity contribution in [2.75, 3.05) is 26.7 Å². The number of hydrogen-bond donors (Lipinski definition) is 4. The summed E-state index contributed by atoms with van der Waals surface area (Å²) in [6.07, 6.45) is 0.640. The van der Waals surface area contributed by atoms with Gasteiger partial charge < -0.3 is 25.6 Å². The predicted octanol–water partition coefficient (Wildman–Crippen LogP) is 2.47. The highest BCUT2D eigenvalue weighted by molar-refractivity contribution is 7.10. The molecule has 2 aromatic rings. The van der Waals surface area contributed by atoms with E-state index in [2.05, 4.69) is 15.6 Å². The number of thiophene rings is 1. The predicted molar refractivity (Wildman–Crippen MR) is 106 cm³/mol. The van der Waals surface area contributed by atoms with Crippen LogP contribution in [0.3, 0.4) is 0 Å². The molecule has 0 aliphatic carbocycles. The summed E-state index contributed by atoms with van der Waals surface area (Å²) in [4.78, 5) is 5.38. The van der Waals surface area contributed by atoms with Gasteiger partial charge in [-0.05, 0) is 43.3 Å². The summed E-state index contributed by atoms with van der Waals surface area (Å²) < 4.78 is 5.09. The Morgan fingerprint density at radius 2 is 2.12 bits per heavy atom. The third-order valence-electron chi connectivity index (χ3n) is 3.92. The van der Waals surface area contributed by atoms with Gasteiger partial charge in [0.15, 0.2) is 5.96 Å². The lowest BCUT2D eigenvalue weighted by molar-refractivity contribution is 0.0711. The molecule has 1 unspecified atom stereocenters. The average molecular weight is 378 g/mol. The molecular weight excluding hydrogens is 350 g/mol. The van der Waals surface area contributed by atoms with Crippen LogP contribution in [0.4, 0.5) is 0 Å². The second-order valence-electron chi connectivity index (χ2n) is 6.12. The van der Waals surface area contributed by atoms with Gasteiger partial charge >= 0.3 is 0 Å². The van der Waals surface area contributed by atoms with Crippen molar-refractivity contribution in [2.45, 2.75) is 25.9 Å². The van der Waals surface area contributed by atoms with Crippen LogP contribution in [-0.2, 0) is 12.0 Å². The summed E-state index contributed by atoms with van der Waals surface area (Å²) in [5, 5.41) is 28.9. The van der Waals surface area contributed by atoms with E-state index in [0.29, 0.717) is 24.7 Å². The number of rotatable bonds is 8.